The lowest BCUT2D eigenvalue weighted by Gasteiger charge is -2.27. The van der Waals surface area contributed by atoms with Crippen LogP contribution in [0.5, 0.6) is 0 Å². The van der Waals surface area contributed by atoms with E-state index in [0.717, 1.165) is 0 Å². The Morgan fingerprint density at radius 2 is 1.05 bits per heavy atom. The summed E-state index contributed by atoms with van der Waals surface area (Å²) in [6, 6.07) is 26.4. The molecule has 2 aliphatic carbocycles. The molecule has 0 aromatic heterocycles. The average molecular weight is 266 g/mol. The molecule has 0 bridgehead atoms. The van der Waals surface area contributed by atoms with E-state index in [1.807, 2.05) is 0 Å². The number of allylic oxidation sites excluding steroid dienone is 1. The smallest absolute Gasteiger partial charge is 0.0645 e. The normalized spacial score (nSPS) is 15.8. The lowest BCUT2D eigenvalue weighted by molar-refractivity contribution is 0.821. The van der Waals surface area contributed by atoms with Crippen LogP contribution in [0.4, 0.5) is 0 Å². The summed E-state index contributed by atoms with van der Waals surface area (Å²) in [5, 5.41) is 0. The molecule has 0 nitrogen and oxygen atoms in total. The third kappa shape index (κ3) is 1.21. The summed E-state index contributed by atoms with van der Waals surface area (Å²) in [7, 11) is 0. The van der Waals surface area contributed by atoms with Crippen molar-refractivity contribution in [3.8, 4) is 11.1 Å². The average Bonchev–Trinajstić information content (AvgIpc) is 3.08. The van der Waals surface area contributed by atoms with Crippen molar-refractivity contribution in [1.82, 2.24) is 0 Å². The molecule has 0 saturated heterocycles. The standard InChI is InChI=1S/C21H14/c1-4-10-18-15(7-1)13-14-21(18)19-11-5-2-8-16(19)17-9-3-6-12-20(17)21/h1-14H. The van der Waals surface area contributed by atoms with E-state index in [1.165, 1.54) is 33.4 Å². The highest BCUT2D eigenvalue weighted by molar-refractivity contribution is 5.88. The fourth-order valence-electron chi connectivity index (χ4n) is 4.04. The van der Waals surface area contributed by atoms with Crippen LogP contribution >= 0.6 is 0 Å². The molecule has 0 radical (unpaired) electrons. The van der Waals surface area contributed by atoms with Gasteiger partial charge in [-0.25, -0.2) is 0 Å². The van der Waals surface area contributed by atoms with Gasteiger partial charge in [-0.05, 0) is 33.4 Å². The molecule has 3 aromatic carbocycles. The molecule has 0 N–H and O–H groups in total. The first kappa shape index (κ1) is 11.1. The van der Waals surface area contributed by atoms with E-state index in [9.17, 15) is 0 Å². The topological polar surface area (TPSA) is 0 Å². The minimum atomic E-state index is -0.0935. The summed E-state index contributed by atoms with van der Waals surface area (Å²) in [6.07, 6.45) is 4.65. The molecule has 0 aliphatic heterocycles. The third-order valence-corrected chi connectivity index (χ3v) is 4.89. The Labute approximate surface area is 124 Å². The van der Waals surface area contributed by atoms with Gasteiger partial charge in [-0.15, -0.1) is 0 Å². The highest BCUT2D eigenvalue weighted by Gasteiger charge is 2.45. The van der Waals surface area contributed by atoms with Crippen LogP contribution in [0.1, 0.15) is 22.3 Å². The predicted molar refractivity (Wildman–Crippen MR) is 87.2 cm³/mol. The van der Waals surface area contributed by atoms with Crippen LogP contribution in [0.2, 0.25) is 0 Å². The fraction of sp³-hybridized carbons (Fsp3) is 0.0476. The van der Waals surface area contributed by atoms with Crippen molar-refractivity contribution in [1.29, 1.82) is 0 Å². The largest absolute Gasteiger partial charge is 0.0653 e. The van der Waals surface area contributed by atoms with E-state index in [4.69, 9.17) is 0 Å². The van der Waals surface area contributed by atoms with Crippen molar-refractivity contribution in [3.05, 3.63) is 101 Å². The van der Waals surface area contributed by atoms with E-state index in [-0.39, 0.29) is 5.41 Å². The van der Waals surface area contributed by atoms with Gasteiger partial charge in [-0.1, -0.05) is 84.9 Å². The maximum Gasteiger partial charge on any atom is 0.0653 e. The molecule has 0 atom stereocenters. The minimum absolute atomic E-state index is 0.0935. The van der Waals surface area contributed by atoms with Crippen LogP contribution in [-0.2, 0) is 5.41 Å². The maximum atomic E-state index is 2.38. The Hall–Kier alpha value is -2.60. The zero-order valence-electron chi connectivity index (χ0n) is 11.6. The molecule has 1 spiro atoms. The number of rotatable bonds is 0. The van der Waals surface area contributed by atoms with Crippen molar-refractivity contribution >= 4 is 6.08 Å². The van der Waals surface area contributed by atoms with Gasteiger partial charge < -0.3 is 0 Å². The Morgan fingerprint density at radius 1 is 0.524 bits per heavy atom. The maximum absolute atomic E-state index is 2.38. The van der Waals surface area contributed by atoms with Crippen molar-refractivity contribution in [2.24, 2.45) is 0 Å². The molecule has 5 rings (SSSR count). The molecule has 3 aromatic rings. The van der Waals surface area contributed by atoms with Crippen LogP contribution < -0.4 is 0 Å². The predicted octanol–water partition coefficient (Wildman–Crippen LogP) is 5.03. The Morgan fingerprint density at radius 3 is 1.71 bits per heavy atom. The SMILES string of the molecule is C1=CC2(c3ccccc31)c1ccccc1-c1ccccc12. The van der Waals surface area contributed by atoms with E-state index in [2.05, 4.69) is 84.9 Å². The van der Waals surface area contributed by atoms with Gasteiger partial charge in [0, 0.05) is 0 Å². The number of fused-ring (bicyclic) bond motifs is 7. The van der Waals surface area contributed by atoms with Crippen molar-refractivity contribution in [2.45, 2.75) is 5.41 Å². The second-order valence-corrected chi connectivity index (χ2v) is 5.82. The van der Waals surface area contributed by atoms with E-state index >= 15 is 0 Å². The lowest BCUT2D eigenvalue weighted by atomic mass is 9.74. The van der Waals surface area contributed by atoms with Gasteiger partial charge in [-0.2, -0.15) is 0 Å². The van der Waals surface area contributed by atoms with Gasteiger partial charge in [0.2, 0.25) is 0 Å². The van der Waals surface area contributed by atoms with Crippen LogP contribution in [0.25, 0.3) is 17.2 Å². The van der Waals surface area contributed by atoms with E-state index < -0.39 is 0 Å². The lowest BCUT2D eigenvalue weighted by Crippen LogP contribution is -2.22. The molecule has 98 valence electrons. The first-order valence-corrected chi connectivity index (χ1v) is 7.39. The Balaban J connectivity index is 1.97. The van der Waals surface area contributed by atoms with Crippen LogP contribution in [-0.4, -0.2) is 0 Å². The zero-order valence-corrected chi connectivity index (χ0v) is 11.6. The molecule has 21 heavy (non-hydrogen) atoms. The Bertz CT molecular complexity index is 854. The van der Waals surface area contributed by atoms with E-state index in [1.54, 1.807) is 0 Å². The van der Waals surface area contributed by atoms with Crippen molar-refractivity contribution < 1.29 is 0 Å². The van der Waals surface area contributed by atoms with Crippen molar-refractivity contribution in [2.75, 3.05) is 0 Å². The van der Waals surface area contributed by atoms with Gasteiger partial charge in [0.15, 0.2) is 0 Å². The monoisotopic (exact) mass is 266 g/mol. The molecule has 0 fully saturated rings. The van der Waals surface area contributed by atoms with Gasteiger partial charge in [0.25, 0.3) is 0 Å². The highest BCUT2D eigenvalue weighted by atomic mass is 14.5. The number of hydrogen-bond acceptors (Lipinski definition) is 0. The first-order valence-electron chi connectivity index (χ1n) is 7.39. The fourth-order valence-corrected chi connectivity index (χ4v) is 4.04. The molecule has 0 heterocycles. The van der Waals surface area contributed by atoms with Gasteiger partial charge in [0.05, 0.1) is 5.41 Å². The summed E-state index contributed by atoms with van der Waals surface area (Å²) in [6.45, 7) is 0. The van der Waals surface area contributed by atoms with Gasteiger partial charge in [0.1, 0.15) is 0 Å². The quantitative estimate of drug-likeness (QED) is 0.535. The van der Waals surface area contributed by atoms with E-state index in [0.29, 0.717) is 0 Å². The summed E-state index contributed by atoms with van der Waals surface area (Å²) < 4.78 is 0. The molecular formula is C21H14. The third-order valence-electron chi connectivity index (χ3n) is 4.89. The van der Waals surface area contributed by atoms with Crippen molar-refractivity contribution in [3.63, 3.8) is 0 Å². The van der Waals surface area contributed by atoms with Gasteiger partial charge >= 0.3 is 0 Å². The molecule has 0 saturated carbocycles. The minimum Gasteiger partial charge on any atom is -0.0645 e. The summed E-state index contributed by atoms with van der Waals surface area (Å²) in [4.78, 5) is 0. The summed E-state index contributed by atoms with van der Waals surface area (Å²) in [5.74, 6) is 0. The molecule has 0 heteroatoms. The Kier molecular flexibility index (Phi) is 1.97. The summed E-state index contributed by atoms with van der Waals surface area (Å²) >= 11 is 0. The molecule has 0 amide bonds. The van der Waals surface area contributed by atoms with Crippen LogP contribution in [0.3, 0.4) is 0 Å². The second kappa shape index (κ2) is 3.73. The summed E-state index contributed by atoms with van der Waals surface area (Å²) in [5.41, 5.74) is 8.21. The second-order valence-electron chi connectivity index (χ2n) is 5.82. The number of hydrogen-bond donors (Lipinski definition) is 0. The number of benzene rings is 3. The molecular weight excluding hydrogens is 252 g/mol. The van der Waals surface area contributed by atoms with Crippen LogP contribution in [0.15, 0.2) is 78.9 Å². The molecule has 2 aliphatic rings. The zero-order chi connectivity index (χ0) is 13.9. The highest BCUT2D eigenvalue weighted by Crippen LogP contribution is 2.56. The first-order chi connectivity index (χ1) is 10.4. The van der Waals surface area contributed by atoms with Crippen LogP contribution in [0, 0.1) is 0 Å². The van der Waals surface area contributed by atoms with Gasteiger partial charge in [-0.3, -0.25) is 0 Å². The molecule has 0 unspecified atom stereocenters.